The van der Waals surface area contributed by atoms with Gasteiger partial charge in [0.15, 0.2) is 0 Å². The van der Waals surface area contributed by atoms with Crippen molar-refractivity contribution in [2.24, 2.45) is 0 Å². The van der Waals surface area contributed by atoms with E-state index in [-0.39, 0.29) is 23.1 Å². The summed E-state index contributed by atoms with van der Waals surface area (Å²) in [6.07, 6.45) is 3.64. The molecule has 0 aliphatic rings. The van der Waals surface area contributed by atoms with Crippen LogP contribution < -0.4 is 0 Å². The molecule has 0 aliphatic heterocycles. The molecule has 0 saturated heterocycles. The van der Waals surface area contributed by atoms with E-state index in [9.17, 15) is 0 Å². The summed E-state index contributed by atoms with van der Waals surface area (Å²) in [4.78, 5) is 0. The Balaban J connectivity index is -0.0000000480. The smallest absolute Gasteiger partial charge is 0.346 e. The van der Waals surface area contributed by atoms with Crippen molar-refractivity contribution in [3.05, 3.63) is 26.0 Å². The maximum absolute atomic E-state index is 3.42. The molecule has 0 radical (unpaired) electrons. The van der Waals surface area contributed by atoms with Crippen LogP contribution in [0.4, 0.5) is 0 Å². The number of rotatable bonds is 0. The fraction of sp³-hybridized carbons (Fsp3) is 0.333. The first-order valence-corrected chi connectivity index (χ1v) is 2.03. The van der Waals surface area contributed by atoms with Crippen LogP contribution in [0, 0.1) is 13.8 Å². The molecule has 7 heavy (non-hydrogen) atoms. The Labute approximate surface area is 63.2 Å². The second-order valence-corrected chi connectivity index (χ2v) is 0.569. The van der Waals surface area contributed by atoms with Crippen LogP contribution in [0.3, 0.4) is 0 Å². The molecule has 0 aromatic carbocycles. The van der Waals surface area contributed by atoms with E-state index >= 15 is 0 Å². The third-order valence-corrected chi connectivity index (χ3v) is 0.236. The number of allylic oxidation sites excluding steroid dienone is 2. The van der Waals surface area contributed by atoms with Crippen molar-refractivity contribution in [1.29, 1.82) is 0 Å². The minimum atomic E-state index is 0. The van der Waals surface area contributed by atoms with Gasteiger partial charge in [0, 0.05) is 0 Å². The molecule has 1 heteroatoms. The zero-order valence-corrected chi connectivity index (χ0v) is 6.69. The van der Waals surface area contributed by atoms with E-state index < -0.39 is 0 Å². The van der Waals surface area contributed by atoms with Crippen LogP contribution in [0.1, 0.15) is 13.8 Å². The van der Waals surface area contributed by atoms with Crippen molar-refractivity contribution in [2.45, 2.75) is 13.8 Å². The van der Waals surface area contributed by atoms with Crippen molar-refractivity contribution in [1.82, 2.24) is 0 Å². The van der Waals surface area contributed by atoms with Gasteiger partial charge in [-0.3, -0.25) is 0 Å². The zero-order chi connectivity index (χ0) is 5.41. The summed E-state index contributed by atoms with van der Waals surface area (Å²) in [5.74, 6) is 0. The van der Waals surface area contributed by atoms with E-state index in [1.54, 1.807) is 13.0 Å². The van der Waals surface area contributed by atoms with Crippen LogP contribution in [-0.2, 0) is 0 Å². The normalized spacial score (nSPS) is 6.14. The summed E-state index contributed by atoms with van der Waals surface area (Å²) in [7, 11) is 0. The molecule has 0 heterocycles. The van der Waals surface area contributed by atoms with Crippen LogP contribution in [0.15, 0.2) is 12.2 Å². The molecule has 0 N–H and O–H groups in total. The summed E-state index contributed by atoms with van der Waals surface area (Å²) in [5.41, 5.74) is 0. The minimum Gasteiger partial charge on any atom is -0.346 e. The molecule has 0 saturated carbocycles. The van der Waals surface area contributed by atoms with Gasteiger partial charge in [0.25, 0.3) is 0 Å². The Morgan fingerprint density at radius 3 is 1.43 bits per heavy atom. The van der Waals surface area contributed by atoms with Gasteiger partial charge in [-0.25, -0.2) is 19.1 Å². The van der Waals surface area contributed by atoms with Crippen LogP contribution in [0.25, 0.3) is 0 Å². The molecule has 0 amide bonds. The van der Waals surface area contributed by atoms with Gasteiger partial charge in [-0.1, -0.05) is 0 Å². The maximum Gasteiger partial charge on any atom is 2.00 e. The molecule has 0 aromatic heterocycles. The zero-order valence-electron chi connectivity index (χ0n) is 5.28. The molecular weight excluding hydrogens is 96.4 g/mol. The molecule has 38 valence electrons. The van der Waals surface area contributed by atoms with Crippen LogP contribution >= 0.6 is 0 Å². The molecule has 0 rings (SSSR count). The fourth-order valence-corrected chi connectivity index (χ4v) is 0. The Morgan fingerprint density at radius 2 is 1.43 bits per heavy atom. The van der Waals surface area contributed by atoms with Crippen molar-refractivity contribution >= 4 is 23.1 Å². The van der Waals surface area contributed by atoms with E-state index in [0.29, 0.717) is 0 Å². The summed E-state index contributed by atoms with van der Waals surface area (Å²) in [6.45, 7) is 10.4. The summed E-state index contributed by atoms with van der Waals surface area (Å²) in [5, 5.41) is 0. The van der Waals surface area contributed by atoms with Gasteiger partial charge in [-0.15, -0.1) is 6.92 Å². The van der Waals surface area contributed by atoms with E-state index in [2.05, 4.69) is 13.8 Å². The Morgan fingerprint density at radius 1 is 1.29 bits per heavy atom. The van der Waals surface area contributed by atoms with Crippen molar-refractivity contribution < 1.29 is 0 Å². The quantitative estimate of drug-likeness (QED) is 0.328. The molecule has 0 aliphatic carbocycles. The first kappa shape index (κ1) is 15.7. The van der Waals surface area contributed by atoms with Gasteiger partial charge >= 0.3 is 23.1 Å². The van der Waals surface area contributed by atoms with Gasteiger partial charge in [0.2, 0.25) is 0 Å². The van der Waals surface area contributed by atoms with Crippen LogP contribution in [0.5, 0.6) is 0 Å². The second kappa shape index (κ2) is 32.6. The number of hydrogen-bond acceptors (Lipinski definition) is 0. The third-order valence-electron chi connectivity index (χ3n) is 0.236. The summed E-state index contributed by atoms with van der Waals surface area (Å²) < 4.78 is 0. The Bertz CT molecular complexity index is 19.4. The molecule has 0 spiro atoms. The van der Waals surface area contributed by atoms with Crippen LogP contribution in [0.2, 0.25) is 0 Å². The second-order valence-electron chi connectivity index (χ2n) is 0.569. The van der Waals surface area contributed by atoms with Gasteiger partial charge in [0.05, 0.1) is 0 Å². The summed E-state index contributed by atoms with van der Waals surface area (Å²) in [6, 6.07) is 0. The third kappa shape index (κ3) is 64.5. The van der Waals surface area contributed by atoms with E-state index in [0.717, 1.165) is 0 Å². The predicted octanol–water partition coefficient (Wildman–Crippen LogP) is 1.86. The number of hydrogen-bond donors (Lipinski definition) is 0. The monoisotopic (exact) mass is 108 g/mol. The van der Waals surface area contributed by atoms with Gasteiger partial charge in [-0.2, -0.15) is 6.92 Å². The molecule has 0 fully saturated rings. The maximum atomic E-state index is 3.42. The van der Waals surface area contributed by atoms with Crippen LogP contribution in [-0.4, -0.2) is 23.1 Å². The van der Waals surface area contributed by atoms with Crippen molar-refractivity contribution in [3.8, 4) is 0 Å². The van der Waals surface area contributed by atoms with Gasteiger partial charge in [-0.05, 0) is 0 Å². The topological polar surface area (TPSA) is 0 Å². The molecule has 0 nitrogen and oxygen atoms in total. The molecule has 0 unspecified atom stereocenters. The largest absolute Gasteiger partial charge is 2.00 e. The molecule has 0 bridgehead atoms. The van der Waals surface area contributed by atoms with Gasteiger partial charge in [0.1, 0.15) is 0 Å². The van der Waals surface area contributed by atoms with E-state index in [1.807, 2.05) is 13.0 Å². The molecule has 0 atom stereocenters. The van der Waals surface area contributed by atoms with Gasteiger partial charge < -0.3 is 6.92 Å². The van der Waals surface area contributed by atoms with E-state index in [1.165, 1.54) is 0 Å². The Hall–Kier alpha value is 0.376. The average molecular weight is 108 g/mol. The summed E-state index contributed by atoms with van der Waals surface area (Å²) >= 11 is 0. The van der Waals surface area contributed by atoms with E-state index in [4.69, 9.17) is 0 Å². The van der Waals surface area contributed by atoms with Crippen molar-refractivity contribution in [2.75, 3.05) is 0 Å². The minimum absolute atomic E-state index is 0. The van der Waals surface area contributed by atoms with Crippen molar-refractivity contribution in [3.63, 3.8) is 0 Å². The Kier molecular flexibility index (Phi) is 73.0. The average Bonchev–Trinajstić information content (AvgIpc) is 1.72. The molecule has 0 aromatic rings. The molecular formula is C6H12Mg. The fourth-order valence-electron chi connectivity index (χ4n) is 0. The first-order chi connectivity index (χ1) is 2.91. The predicted molar refractivity (Wildman–Crippen MR) is 37.0 cm³/mol. The first-order valence-electron chi connectivity index (χ1n) is 2.03. The SMILES string of the molecule is [CH2-]C.[CH2-]C=CC.[Mg+2]. The standard InChI is InChI=1S/C4H7.C2H5.Mg/c1-3-4-2;1-2;/h3-4H,1H2,2H3;1H2,2H3;/q2*-1;+2.